The van der Waals surface area contributed by atoms with E-state index >= 15 is 0 Å². The third kappa shape index (κ3) is 6.15. The van der Waals surface area contributed by atoms with E-state index in [9.17, 15) is 9.59 Å². The van der Waals surface area contributed by atoms with Crippen molar-refractivity contribution in [2.24, 2.45) is 0 Å². The van der Waals surface area contributed by atoms with Gasteiger partial charge < -0.3 is 15.4 Å². The normalized spacial score (nSPS) is 10.4. The summed E-state index contributed by atoms with van der Waals surface area (Å²) in [5.74, 6) is 0.564. The molecule has 0 radical (unpaired) electrons. The Morgan fingerprint density at radius 2 is 1.72 bits per heavy atom. The Hall–Kier alpha value is -3.19. The minimum Gasteiger partial charge on any atom is -0.486 e. The van der Waals surface area contributed by atoms with Gasteiger partial charge in [0.1, 0.15) is 17.4 Å². The second-order valence-electron chi connectivity index (χ2n) is 6.77. The number of rotatable bonds is 7. The summed E-state index contributed by atoms with van der Waals surface area (Å²) < 4.78 is 5.87. The van der Waals surface area contributed by atoms with Gasteiger partial charge in [0.15, 0.2) is 0 Å². The number of anilines is 2. The maximum atomic E-state index is 12.3. The minimum absolute atomic E-state index is 0.136. The van der Waals surface area contributed by atoms with Crippen LogP contribution in [0.4, 0.5) is 11.4 Å². The van der Waals surface area contributed by atoms with E-state index in [4.69, 9.17) is 4.74 Å². The summed E-state index contributed by atoms with van der Waals surface area (Å²) in [7, 11) is 0. The van der Waals surface area contributed by atoms with Crippen LogP contribution in [0.3, 0.4) is 0 Å². The Labute approximate surface area is 173 Å². The first-order valence-electron chi connectivity index (χ1n) is 9.20. The molecule has 2 amide bonds. The van der Waals surface area contributed by atoms with Gasteiger partial charge in [0.2, 0.25) is 11.8 Å². The first-order chi connectivity index (χ1) is 13.9. The van der Waals surface area contributed by atoms with Gasteiger partial charge >= 0.3 is 0 Å². The molecule has 1 heterocycles. The molecule has 3 rings (SSSR count). The number of aromatic nitrogens is 1. The second-order valence-corrected chi connectivity index (χ2v) is 7.72. The van der Waals surface area contributed by atoms with Crippen LogP contribution >= 0.6 is 11.3 Å². The number of carbonyl (C=O) groups is 2. The number of carbonyl (C=O) groups excluding carboxylic acids is 2. The third-order valence-corrected chi connectivity index (χ3v) is 5.00. The van der Waals surface area contributed by atoms with E-state index in [-0.39, 0.29) is 18.2 Å². The van der Waals surface area contributed by atoms with Crippen LogP contribution in [0.15, 0.2) is 47.8 Å². The Kier molecular flexibility index (Phi) is 6.61. The molecule has 0 aliphatic heterocycles. The van der Waals surface area contributed by atoms with E-state index in [2.05, 4.69) is 21.7 Å². The lowest BCUT2D eigenvalue weighted by Gasteiger charge is -2.08. The van der Waals surface area contributed by atoms with E-state index in [1.807, 2.05) is 31.4 Å². The molecule has 2 N–H and O–H groups in total. The van der Waals surface area contributed by atoms with Crippen molar-refractivity contribution in [2.45, 2.75) is 33.8 Å². The standard InChI is InChI=1S/C22H23N3O3S/c1-14-4-5-15(2)20(10-14)28-12-22-25-19(13-29-22)11-21(27)24-18-8-6-17(7-9-18)23-16(3)26/h4-10,13H,11-12H2,1-3H3,(H,23,26)(H,24,27). The van der Waals surface area contributed by atoms with Crippen LogP contribution in [-0.4, -0.2) is 16.8 Å². The molecule has 0 unspecified atom stereocenters. The number of benzene rings is 2. The van der Waals surface area contributed by atoms with Gasteiger partial charge in [-0.15, -0.1) is 11.3 Å². The first kappa shape index (κ1) is 20.5. The highest BCUT2D eigenvalue weighted by molar-refractivity contribution is 7.09. The Balaban J connectivity index is 1.52. The summed E-state index contributed by atoms with van der Waals surface area (Å²) in [6, 6.07) is 13.1. The first-order valence-corrected chi connectivity index (χ1v) is 10.1. The maximum absolute atomic E-state index is 12.3. The summed E-state index contributed by atoms with van der Waals surface area (Å²) >= 11 is 1.48. The molecule has 0 aliphatic carbocycles. The number of thiazole rings is 1. The molecule has 0 saturated carbocycles. The largest absolute Gasteiger partial charge is 0.486 e. The fraction of sp³-hybridized carbons (Fsp3) is 0.227. The highest BCUT2D eigenvalue weighted by Gasteiger charge is 2.10. The molecular formula is C22H23N3O3S. The summed E-state index contributed by atoms with van der Waals surface area (Å²) in [6.07, 6.45) is 0.188. The lowest BCUT2D eigenvalue weighted by atomic mass is 10.1. The molecule has 7 heteroatoms. The van der Waals surface area contributed by atoms with Gasteiger partial charge in [-0.25, -0.2) is 4.98 Å². The summed E-state index contributed by atoms with van der Waals surface area (Å²) in [5.41, 5.74) is 4.28. The van der Waals surface area contributed by atoms with Crippen LogP contribution in [0.1, 0.15) is 28.8 Å². The number of amides is 2. The molecule has 3 aromatic rings. The van der Waals surface area contributed by atoms with Crippen molar-refractivity contribution in [3.8, 4) is 5.75 Å². The average Bonchev–Trinajstić information content (AvgIpc) is 3.11. The van der Waals surface area contributed by atoms with Gasteiger partial charge in [0.25, 0.3) is 0 Å². The van der Waals surface area contributed by atoms with Crippen molar-refractivity contribution in [3.05, 3.63) is 69.7 Å². The van der Waals surface area contributed by atoms with Crippen molar-refractivity contribution in [1.29, 1.82) is 0 Å². The van der Waals surface area contributed by atoms with Gasteiger partial charge in [-0.2, -0.15) is 0 Å². The van der Waals surface area contributed by atoms with E-state index in [0.717, 1.165) is 21.9 Å². The second kappa shape index (κ2) is 9.34. The Morgan fingerprint density at radius 1 is 1.03 bits per heavy atom. The zero-order valence-electron chi connectivity index (χ0n) is 16.6. The van der Waals surface area contributed by atoms with E-state index in [1.165, 1.54) is 18.3 Å². The predicted molar refractivity (Wildman–Crippen MR) is 115 cm³/mol. The van der Waals surface area contributed by atoms with E-state index in [0.29, 0.717) is 23.7 Å². The molecule has 0 fully saturated rings. The minimum atomic E-state index is -0.149. The molecule has 0 saturated heterocycles. The fourth-order valence-electron chi connectivity index (χ4n) is 2.71. The number of hydrogen-bond donors (Lipinski definition) is 2. The van der Waals surface area contributed by atoms with Crippen LogP contribution in [0.25, 0.3) is 0 Å². The van der Waals surface area contributed by atoms with E-state index in [1.54, 1.807) is 24.3 Å². The zero-order valence-corrected chi connectivity index (χ0v) is 17.4. The molecule has 2 aromatic carbocycles. The van der Waals surface area contributed by atoms with Crippen molar-refractivity contribution < 1.29 is 14.3 Å². The maximum Gasteiger partial charge on any atom is 0.230 e. The number of nitrogens with one attached hydrogen (secondary N) is 2. The quantitative estimate of drug-likeness (QED) is 0.603. The zero-order chi connectivity index (χ0) is 20.8. The number of ether oxygens (including phenoxy) is 1. The highest BCUT2D eigenvalue weighted by Crippen LogP contribution is 2.21. The lowest BCUT2D eigenvalue weighted by Crippen LogP contribution is -2.14. The van der Waals surface area contributed by atoms with Crippen molar-refractivity contribution in [2.75, 3.05) is 10.6 Å². The smallest absolute Gasteiger partial charge is 0.230 e. The Bertz CT molecular complexity index is 1010. The van der Waals surface area contributed by atoms with Gasteiger partial charge in [0.05, 0.1) is 12.1 Å². The predicted octanol–water partition coefficient (Wildman–Crippen LogP) is 4.48. The van der Waals surface area contributed by atoms with Gasteiger partial charge in [-0.05, 0) is 55.3 Å². The van der Waals surface area contributed by atoms with Gasteiger partial charge in [0, 0.05) is 23.7 Å². The summed E-state index contributed by atoms with van der Waals surface area (Å²) in [4.78, 5) is 27.8. The SMILES string of the molecule is CC(=O)Nc1ccc(NC(=O)Cc2csc(COc3cc(C)ccc3C)n2)cc1. The lowest BCUT2D eigenvalue weighted by molar-refractivity contribution is -0.116. The van der Waals surface area contributed by atoms with Crippen molar-refractivity contribution in [3.63, 3.8) is 0 Å². The molecular weight excluding hydrogens is 386 g/mol. The van der Waals surface area contributed by atoms with Crippen LogP contribution in [0, 0.1) is 13.8 Å². The molecule has 0 aliphatic rings. The number of nitrogens with zero attached hydrogens (tertiary/aromatic N) is 1. The monoisotopic (exact) mass is 409 g/mol. The van der Waals surface area contributed by atoms with Crippen LogP contribution in [-0.2, 0) is 22.6 Å². The van der Waals surface area contributed by atoms with E-state index < -0.39 is 0 Å². The number of aryl methyl sites for hydroxylation is 2. The molecule has 6 nitrogen and oxygen atoms in total. The molecule has 29 heavy (non-hydrogen) atoms. The fourth-order valence-corrected chi connectivity index (χ4v) is 3.41. The van der Waals surface area contributed by atoms with Crippen LogP contribution in [0.2, 0.25) is 0 Å². The summed E-state index contributed by atoms with van der Waals surface area (Å²) in [6.45, 7) is 5.86. The Morgan fingerprint density at radius 3 is 2.41 bits per heavy atom. The average molecular weight is 410 g/mol. The van der Waals surface area contributed by atoms with Gasteiger partial charge in [-0.1, -0.05) is 12.1 Å². The van der Waals surface area contributed by atoms with Crippen molar-refractivity contribution in [1.82, 2.24) is 4.98 Å². The topological polar surface area (TPSA) is 80.3 Å². The molecule has 1 aromatic heterocycles. The molecule has 0 atom stereocenters. The number of hydrogen-bond acceptors (Lipinski definition) is 5. The highest BCUT2D eigenvalue weighted by atomic mass is 32.1. The summed E-state index contributed by atoms with van der Waals surface area (Å²) in [5, 5.41) is 8.22. The third-order valence-electron chi connectivity index (χ3n) is 4.12. The molecule has 0 bridgehead atoms. The van der Waals surface area contributed by atoms with Crippen LogP contribution < -0.4 is 15.4 Å². The van der Waals surface area contributed by atoms with Crippen LogP contribution in [0.5, 0.6) is 5.75 Å². The van der Waals surface area contributed by atoms with Crippen molar-refractivity contribution >= 4 is 34.5 Å². The molecule has 0 spiro atoms. The molecule has 150 valence electrons. The van der Waals surface area contributed by atoms with Gasteiger partial charge in [-0.3, -0.25) is 9.59 Å².